The van der Waals surface area contributed by atoms with Gasteiger partial charge >= 0.3 is 11.9 Å². The van der Waals surface area contributed by atoms with E-state index in [1.54, 1.807) is 40.9 Å². The first-order valence-corrected chi connectivity index (χ1v) is 26.4. The molecule has 17 heteroatoms. The van der Waals surface area contributed by atoms with E-state index in [0.29, 0.717) is 69.8 Å². The largest absolute Gasteiger partial charge is 0.460 e. The van der Waals surface area contributed by atoms with Crippen molar-refractivity contribution in [3.63, 3.8) is 0 Å². The van der Waals surface area contributed by atoms with Crippen molar-refractivity contribution in [2.45, 2.75) is 187 Å². The van der Waals surface area contributed by atoms with Crippen molar-refractivity contribution < 1.29 is 77.6 Å². The monoisotopic (exact) mass is 1030 g/mol. The van der Waals surface area contributed by atoms with E-state index in [0.717, 1.165) is 10.5 Å². The fourth-order valence-electron chi connectivity index (χ4n) is 10.7. The van der Waals surface area contributed by atoms with Crippen LogP contribution in [-0.2, 0) is 57.2 Å². The van der Waals surface area contributed by atoms with Gasteiger partial charge in [0.05, 0.1) is 31.5 Å². The van der Waals surface area contributed by atoms with Crippen molar-refractivity contribution in [3.05, 3.63) is 47.6 Å². The molecule has 4 rings (SSSR count). The molecule has 412 valence electrons. The van der Waals surface area contributed by atoms with Crippen LogP contribution in [0.25, 0.3) is 0 Å². The van der Waals surface area contributed by atoms with Gasteiger partial charge in [0.2, 0.25) is 5.79 Å². The first-order chi connectivity index (χ1) is 34.5. The zero-order chi connectivity index (χ0) is 54.4. The molecule has 0 aromatic rings. The maximum Gasteiger partial charge on any atom is 0.329 e. The number of nitrogens with zero attached hydrogens (tertiary/aromatic N) is 1. The molecule has 4 aliphatic rings. The highest BCUT2D eigenvalue weighted by Gasteiger charge is 2.53. The molecule has 0 aromatic heterocycles. The standard InChI is InChI=1S/C56H87NO16/c1-33-17-13-12-14-18-34(2)45(68-9)29-41-22-20-39(7)56(67,73-41)51(63)52(64)57-24-16-15-19-42(57)53(65)71-46(30-43(60)35(3)26-38(6)49(62)50(70-11)48(61)37(5)25-33)36(4)27-40-21-23-44(47(28-40)69-10)72-54(66)55(8,31-58)32-59/h12-14,17-18,26,33,35-37,39-42,44-47,49-50,58-59,62,67H,15-16,19-25,27-32H2,1-11H3/b14-12?,17-13+,34-18?,38-26-. The van der Waals surface area contributed by atoms with E-state index in [2.05, 4.69) is 0 Å². The molecule has 0 aromatic carbocycles. The minimum atomic E-state index is -2.47. The number of methoxy groups -OCH3 is 3. The minimum Gasteiger partial charge on any atom is -0.460 e. The fourth-order valence-corrected chi connectivity index (χ4v) is 10.7. The van der Waals surface area contributed by atoms with Crippen molar-refractivity contribution in [3.8, 4) is 0 Å². The van der Waals surface area contributed by atoms with Gasteiger partial charge in [0.25, 0.3) is 11.7 Å². The Kier molecular flexibility index (Phi) is 23.9. The number of piperidine rings is 1. The Hall–Kier alpha value is -3.94. The number of carbonyl (C=O) groups excluding carboxylic acids is 6. The fraction of sp³-hybridized carbons (Fsp3) is 0.750. The van der Waals surface area contributed by atoms with E-state index in [9.17, 15) is 49.2 Å². The molecule has 73 heavy (non-hydrogen) atoms. The van der Waals surface area contributed by atoms with Crippen LogP contribution in [0.3, 0.4) is 0 Å². The summed E-state index contributed by atoms with van der Waals surface area (Å²) < 4.78 is 35.4. The van der Waals surface area contributed by atoms with Crippen molar-refractivity contribution in [1.29, 1.82) is 0 Å². The number of carbonyl (C=O) groups is 6. The Labute approximate surface area is 433 Å². The second-order valence-corrected chi connectivity index (χ2v) is 21.8. The zero-order valence-corrected chi connectivity index (χ0v) is 45.3. The Balaban J connectivity index is 1.69. The number of hydrogen-bond acceptors (Lipinski definition) is 16. The highest BCUT2D eigenvalue weighted by Crippen LogP contribution is 2.38. The normalized spacial score (nSPS) is 36.3. The van der Waals surface area contributed by atoms with Crippen molar-refractivity contribution >= 4 is 35.2 Å². The lowest BCUT2D eigenvalue weighted by atomic mass is 9.78. The molecule has 15 unspecified atom stereocenters. The molecule has 1 aliphatic carbocycles. The van der Waals surface area contributed by atoms with Crippen molar-refractivity contribution in [1.82, 2.24) is 4.90 Å². The Morgan fingerprint density at radius 2 is 1.56 bits per heavy atom. The average Bonchev–Trinajstić information content (AvgIpc) is 3.37. The van der Waals surface area contributed by atoms with Gasteiger partial charge in [-0.05, 0) is 114 Å². The lowest BCUT2D eigenvalue weighted by molar-refractivity contribution is -0.265. The van der Waals surface area contributed by atoms with Crippen LogP contribution in [0.15, 0.2) is 47.6 Å². The second-order valence-electron chi connectivity index (χ2n) is 21.8. The molecular formula is C56H87NO16. The first kappa shape index (κ1) is 61.6. The SMILES string of the molecule is COC1CC2CCC(C)C(O)(O2)C(=O)C(=O)N2CCCCC2C(=O)OC(C(C)CC2CCC(OC(=O)C(C)(CO)CO)C(OC)C2)CC(=O)C(C)/C=C(/C)C(O)C(OC)C(=O)C(C)CC(C)/C=C/C=CC=C1C. The predicted molar refractivity (Wildman–Crippen MR) is 271 cm³/mol. The quantitative estimate of drug-likeness (QED) is 0.116. The minimum absolute atomic E-state index is 0.00697. The predicted octanol–water partition coefficient (Wildman–Crippen LogP) is 5.72. The summed E-state index contributed by atoms with van der Waals surface area (Å²) >= 11 is 0. The number of Topliss-reactive ketones (excluding diaryl/α,β-unsaturated/α-hetero) is 3. The number of esters is 2. The van der Waals surface area contributed by atoms with E-state index in [4.69, 9.17) is 28.4 Å². The van der Waals surface area contributed by atoms with E-state index < -0.39 is 120 Å². The number of allylic oxidation sites excluding steroid dienone is 6. The van der Waals surface area contributed by atoms with Crippen LogP contribution < -0.4 is 0 Å². The lowest BCUT2D eigenvalue weighted by Crippen LogP contribution is -2.61. The molecule has 4 N–H and O–H groups in total. The Bertz CT molecular complexity index is 2010. The van der Waals surface area contributed by atoms with Gasteiger partial charge in [-0.2, -0.15) is 0 Å². The Morgan fingerprint density at radius 1 is 0.863 bits per heavy atom. The van der Waals surface area contributed by atoms with E-state index in [1.165, 1.54) is 21.1 Å². The summed E-state index contributed by atoms with van der Waals surface area (Å²) in [7, 11) is 4.43. The van der Waals surface area contributed by atoms with Gasteiger partial charge in [-0.15, -0.1) is 0 Å². The number of rotatable bonds is 10. The summed E-state index contributed by atoms with van der Waals surface area (Å²) in [4.78, 5) is 85.4. The lowest BCUT2D eigenvalue weighted by Gasteiger charge is -2.42. The van der Waals surface area contributed by atoms with Crippen LogP contribution in [0.1, 0.15) is 132 Å². The second kappa shape index (κ2) is 28.3. The molecule has 3 heterocycles. The smallest absolute Gasteiger partial charge is 0.329 e. The summed E-state index contributed by atoms with van der Waals surface area (Å²) in [5.41, 5.74) is -0.277. The maximum absolute atomic E-state index is 14.5. The summed E-state index contributed by atoms with van der Waals surface area (Å²) in [5, 5.41) is 43.1. The van der Waals surface area contributed by atoms with E-state index in [-0.39, 0.29) is 42.8 Å². The summed E-state index contributed by atoms with van der Waals surface area (Å²) in [6, 6.07) is -1.20. The summed E-state index contributed by atoms with van der Waals surface area (Å²) in [6.45, 7) is 12.7. The number of cyclic esters (lactones) is 1. The van der Waals surface area contributed by atoms with Crippen molar-refractivity contribution in [2.75, 3.05) is 41.1 Å². The molecule has 3 aliphatic heterocycles. The number of ether oxygens (including phenoxy) is 6. The molecule has 17 nitrogen and oxygen atoms in total. The molecule has 1 saturated carbocycles. The van der Waals surface area contributed by atoms with Crippen LogP contribution in [-0.4, -0.2) is 156 Å². The zero-order valence-electron chi connectivity index (χ0n) is 45.3. The van der Waals surface area contributed by atoms with Crippen LogP contribution >= 0.6 is 0 Å². The van der Waals surface area contributed by atoms with Gasteiger partial charge in [0.1, 0.15) is 41.7 Å². The highest BCUT2D eigenvalue weighted by atomic mass is 16.6. The van der Waals surface area contributed by atoms with Crippen LogP contribution in [0.4, 0.5) is 0 Å². The first-order valence-electron chi connectivity index (χ1n) is 26.4. The molecule has 1 amide bonds. The van der Waals surface area contributed by atoms with Gasteiger partial charge in [0.15, 0.2) is 5.78 Å². The van der Waals surface area contributed by atoms with Crippen LogP contribution in [0, 0.1) is 40.9 Å². The average molecular weight is 1030 g/mol. The molecule has 3 fully saturated rings. The van der Waals surface area contributed by atoms with Gasteiger partial charge in [0, 0.05) is 58.5 Å². The van der Waals surface area contributed by atoms with Gasteiger partial charge in [-0.25, -0.2) is 4.79 Å². The molecule has 2 saturated heterocycles. The van der Waals surface area contributed by atoms with E-state index >= 15 is 0 Å². The van der Waals surface area contributed by atoms with Crippen molar-refractivity contribution in [2.24, 2.45) is 40.9 Å². The number of hydrogen-bond donors (Lipinski definition) is 4. The summed E-state index contributed by atoms with van der Waals surface area (Å²) in [5.74, 6) is -9.36. The number of amides is 1. The number of ketones is 3. The van der Waals surface area contributed by atoms with Crippen LogP contribution in [0.5, 0.6) is 0 Å². The third-order valence-electron chi connectivity index (χ3n) is 15.9. The number of fused-ring (bicyclic) bond motifs is 3. The molecule has 0 spiro atoms. The van der Waals surface area contributed by atoms with E-state index in [1.807, 2.05) is 51.2 Å². The Morgan fingerprint density at radius 3 is 2.21 bits per heavy atom. The van der Waals surface area contributed by atoms with Gasteiger partial charge in [-0.3, -0.25) is 24.0 Å². The number of aliphatic hydroxyl groups is 4. The third kappa shape index (κ3) is 16.0. The van der Waals surface area contributed by atoms with Crippen LogP contribution in [0.2, 0.25) is 0 Å². The molecular weight excluding hydrogens is 943 g/mol. The third-order valence-corrected chi connectivity index (χ3v) is 15.9. The molecule has 0 radical (unpaired) electrons. The van der Waals surface area contributed by atoms with Gasteiger partial charge < -0.3 is 53.7 Å². The number of aliphatic hydroxyl groups excluding tert-OH is 3. The summed E-state index contributed by atoms with van der Waals surface area (Å²) in [6.07, 6.45) is 9.76. The maximum atomic E-state index is 14.5. The highest BCUT2D eigenvalue weighted by molar-refractivity contribution is 6.39. The van der Waals surface area contributed by atoms with Gasteiger partial charge in [-0.1, -0.05) is 71.1 Å². The molecule has 2 bridgehead atoms. The topological polar surface area (TPSA) is 242 Å². The molecule has 15 atom stereocenters.